The van der Waals surface area contributed by atoms with Crippen LogP contribution in [-0.2, 0) is 14.8 Å². The lowest BCUT2D eigenvalue weighted by Crippen LogP contribution is -2.30. The average molecular weight is 410 g/mol. The van der Waals surface area contributed by atoms with E-state index in [0.29, 0.717) is 23.7 Å². The highest BCUT2D eigenvalue weighted by Gasteiger charge is 2.23. The molecule has 3 rings (SSSR count). The molecule has 0 aliphatic heterocycles. The van der Waals surface area contributed by atoms with Crippen molar-refractivity contribution >= 4 is 33.4 Å². The van der Waals surface area contributed by atoms with E-state index in [0.717, 1.165) is 5.76 Å². The van der Waals surface area contributed by atoms with E-state index >= 15 is 0 Å². The van der Waals surface area contributed by atoms with Crippen molar-refractivity contribution in [1.29, 1.82) is 0 Å². The van der Waals surface area contributed by atoms with Crippen LogP contribution in [0.1, 0.15) is 18.4 Å². The number of benzene rings is 2. The largest absolute Gasteiger partial charge is 0.462 e. The number of amides is 1. The number of aryl methyl sites for hydroxylation is 1. The second-order valence-corrected chi connectivity index (χ2v) is 8.16. The number of nitrogens with zero attached hydrogens (tertiary/aromatic N) is 1. The lowest BCUT2D eigenvalue weighted by atomic mass is 10.3. The molecule has 0 fully saturated rings. The standard InChI is InChI=1S/C22H22N2O4S/c1-3-24(19-7-5-4-6-8-19)29(26,27)21-14-10-18(11-15-21)23-22(25)16-13-20-12-9-17(2)28-20/h4-16H,3H2,1-2H3,(H,23,25). The van der Waals surface area contributed by atoms with Crippen molar-refractivity contribution in [2.45, 2.75) is 18.7 Å². The van der Waals surface area contributed by atoms with Crippen LogP contribution in [0.15, 0.2) is 82.1 Å². The molecule has 0 atom stereocenters. The third-order valence-corrected chi connectivity index (χ3v) is 6.12. The molecule has 0 spiro atoms. The van der Waals surface area contributed by atoms with Gasteiger partial charge in [0.2, 0.25) is 5.91 Å². The van der Waals surface area contributed by atoms with E-state index in [9.17, 15) is 13.2 Å². The maximum atomic E-state index is 13.0. The number of hydrogen-bond acceptors (Lipinski definition) is 4. The van der Waals surface area contributed by atoms with Crippen molar-refractivity contribution < 1.29 is 17.6 Å². The molecule has 0 bridgehead atoms. The monoisotopic (exact) mass is 410 g/mol. The molecule has 0 aliphatic carbocycles. The number of nitrogens with one attached hydrogen (secondary N) is 1. The van der Waals surface area contributed by atoms with E-state index in [4.69, 9.17) is 4.42 Å². The van der Waals surface area contributed by atoms with Crippen molar-refractivity contribution in [3.63, 3.8) is 0 Å². The van der Waals surface area contributed by atoms with Crippen molar-refractivity contribution in [2.75, 3.05) is 16.2 Å². The number of furan rings is 1. The van der Waals surface area contributed by atoms with E-state index in [1.54, 1.807) is 55.5 Å². The van der Waals surface area contributed by atoms with Gasteiger partial charge in [-0.2, -0.15) is 0 Å². The van der Waals surface area contributed by atoms with Gasteiger partial charge >= 0.3 is 0 Å². The van der Waals surface area contributed by atoms with Crippen LogP contribution >= 0.6 is 0 Å². The SMILES string of the molecule is CCN(c1ccccc1)S(=O)(=O)c1ccc(NC(=O)C=Cc2ccc(C)o2)cc1. The zero-order chi connectivity index (χ0) is 20.9. The number of anilines is 2. The Hall–Kier alpha value is -3.32. The van der Waals surface area contributed by atoms with E-state index in [1.807, 2.05) is 19.1 Å². The van der Waals surface area contributed by atoms with Crippen molar-refractivity contribution in [3.8, 4) is 0 Å². The van der Waals surface area contributed by atoms with E-state index in [-0.39, 0.29) is 10.8 Å². The minimum atomic E-state index is -3.70. The Bertz CT molecular complexity index is 1100. The fourth-order valence-electron chi connectivity index (χ4n) is 2.81. The molecule has 0 saturated carbocycles. The Labute approximate surface area is 170 Å². The summed E-state index contributed by atoms with van der Waals surface area (Å²) in [5.41, 5.74) is 1.10. The van der Waals surface area contributed by atoms with Crippen LogP contribution in [-0.4, -0.2) is 20.9 Å². The molecular formula is C22H22N2O4S. The number of sulfonamides is 1. The van der Waals surface area contributed by atoms with Crippen LogP contribution in [0.2, 0.25) is 0 Å². The Balaban J connectivity index is 1.72. The minimum absolute atomic E-state index is 0.155. The summed E-state index contributed by atoms with van der Waals surface area (Å²) < 4.78 is 32.7. The van der Waals surface area contributed by atoms with Gasteiger partial charge in [0.1, 0.15) is 11.5 Å². The molecule has 6 nitrogen and oxygen atoms in total. The quantitative estimate of drug-likeness (QED) is 0.584. The summed E-state index contributed by atoms with van der Waals surface area (Å²) in [5, 5.41) is 2.70. The molecule has 3 aromatic rings. The first-order valence-electron chi connectivity index (χ1n) is 9.13. The smallest absolute Gasteiger partial charge is 0.264 e. The fraction of sp³-hybridized carbons (Fsp3) is 0.136. The summed E-state index contributed by atoms with van der Waals surface area (Å²) in [6, 6.07) is 18.6. The van der Waals surface area contributed by atoms with Gasteiger partial charge in [-0.05, 0) is 68.5 Å². The highest BCUT2D eigenvalue weighted by atomic mass is 32.2. The average Bonchev–Trinajstić information content (AvgIpc) is 3.13. The van der Waals surface area contributed by atoms with Gasteiger partial charge in [-0.3, -0.25) is 9.10 Å². The van der Waals surface area contributed by atoms with Crippen molar-refractivity contribution in [3.05, 3.63) is 84.3 Å². The second kappa shape index (κ2) is 8.79. The van der Waals surface area contributed by atoms with Gasteiger partial charge in [0.15, 0.2) is 0 Å². The van der Waals surface area contributed by atoms with E-state index in [1.165, 1.54) is 22.5 Å². The first kappa shape index (κ1) is 20.4. The summed E-state index contributed by atoms with van der Waals surface area (Å²) >= 11 is 0. The third-order valence-electron chi connectivity index (χ3n) is 4.20. The lowest BCUT2D eigenvalue weighted by Gasteiger charge is -2.23. The van der Waals surface area contributed by atoms with Crippen LogP contribution < -0.4 is 9.62 Å². The minimum Gasteiger partial charge on any atom is -0.462 e. The molecule has 0 saturated heterocycles. The summed E-state index contributed by atoms with van der Waals surface area (Å²) in [6.45, 7) is 3.92. The zero-order valence-electron chi connectivity index (χ0n) is 16.2. The zero-order valence-corrected chi connectivity index (χ0v) is 17.0. The van der Waals surface area contributed by atoms with Gasteiger partial charge in [-0.1, -0.05) is 18.2 Å². The molecule has 1 aromatic heterocycles. The fourth-order valence-corrected chi connectivity index (χ4v) is 4.28. The van der Waals surface area contributed by atoms with Gasteiger partial charge < -0.3 is 9.73 Å². The van der Waals surface area contributed by atoms with Crippen molar-refractivity contribution in [2.24, 2.45) is 0 Å². The van der Waals surface area contributed by atoms with Gasteiger partial charge in [0.05, 0.1) is 10.6 Å². The van der Waals surface area contributed by atoms with Crippen LogP contribution in [0.5, 0.6) is 0 Å². The Kier molecular flexibility index (Phi) is 6.19. The number of carbonyl (C=O) groups excluding carboxylic acids is 1. The van der Waals surface area contributed by atoms with E-state index < -0.39 is 10.0 Å². The Morgan fingerprint density at radius 2 is 1.72 bits per heavy atom. The topological polar surface area (TPSA) is 79.6 Å². The number of hydrogen-bond donors (Lipinski definition) is 1. The predicted molar refractivity (Wildman–Crippen MR) is 114 cm³/mol. The maximum absolute atomic E-state index is 13.0. The summed E-state index contributed by atoms with van der Waals surface area (Å²) in [7, 11) is -3.70. The first-order chi connectivity index (χ1) is 13.9. The van der Waals surface area contributed by atoms with Gasteiger partial charge in [-0.15, -0.1) is 0 Å². The number of para-hydroxylation sites is 1. The Morgan fingerprint density at radius 3 is 2.31 bits per heavy atom. The maximum Gasteiger partial charge on any atom is 0.264 e. The third kappa shape index (κ3) is 4.94. The molecule has 2 aromatic carbocycles. The molecule has 7 heteroatoms. The van der Waals surface area contributed by atoms with Crippen LogP contribution in [0.25, 0.3) is 6.08 Å². The molecule has 1 amide bonds. The molecule has 1 N–H and O–H groups in total. The summed E-state index contributed by atoms with van der Waals surface area (Å²) in [6.07, 6.45) is 2.93. The van der Waals surface area contributed by atoms with Gasteiger partial charge in [0, 0.05) is 18.3 Å². The lowest BCUT2D eigenvalue weighted by molar-refractivity contribution is -0.111. The van der Waals surface area contributed by atoms with Crippen LogP contribution in [0, 0.1) is 6.92 Å². The molecule has 0 radical (unpaired) electrons. The summed E-state index contributed by atoms with van der Waals surface area (Å²) in [4.78, 5) is 12.2. The van der Waals surface area contributed by atoms with Gasteiger partial charge in [-0.25, -0.2) is 8.42 Å². The number of carbonyl (C=O) groups is 1. The molecule has 1 heterocycles. The Morgan fingerprint density at radius 1 is 1.03 bits per heavy atom. The highest BCUT2D eigenvalue weighted by molar-refractivity contribution is 7.92. The van der Waals surface area contributed by atoms with Crippen LogP contribution in [0.4, 0.5) is 11.4 Å². The second-order valence-electron chi connectivity index (χ2n) is 6.30. The normalized spacial score (nSPS) is 11.5. The predicted octanol–water partition coefficient (Wildman–Crippen LogP) is 4.46. The van der Waals surface area contributed by atoms with E-state index in [2.05, 4.69) is 5.32 Å². The summed E-state index contributed by atoms with van der Waals surface area (Å²) in [5.74, 6) is 1.01. The molecule has 0 aliphatic rings. The molecule has 150 valence electrons. The number of rotatable bonds is 7. The molecular weight excluding hydrogens is 388 g/mol. The van der Waals surface area contributed by atoms with Gasteiger partial charge in [0.25, 0.3) is 10.0 Å². The van der Waals surface area contributed by atoms with Crippen molar-refractivity contribution in [1.82, 2.24) is 0 Å². The molecule has 29 heavy (non-hydrogen) atoms. The highest BCUT2D eigenvalue weighted by Crippen LogP contribution is 2.24. The van der Waals surface area contributed by atoms with Crippen LogP contribution in [0.3, 0.4) is 0 Å². The first-order valence-corrected chi connectivity index (χ1v) is 10.6. The molecule has 0 unspecified atom stereocenters.